The Labute approximate surface area is 96.7 Å². The van der Waals surface area contributed by atoms with Crippen LogP contribution in [-0.4, -0.2) is 36.5 Å². The van der Waals surface area contributed by atoms with E-state index in [1.165, 1.54) is 19.2 Å². The van der Waals surface area contributed by atoms with Gasteiger partial charge in [-0.15, -0.1) is 0 Å². The molecule has 0 radical (unpaired) electrons. The molecule has 1 N–H and O–H groups in total. The van der Waals surface area contributed by atoms with Crippen LogP contribution in [0, 0.1) is 10.1 Å². The highest BCUT2D eigenvalue weighted by atomic mass is 16.6. The van der Waals surface area contributed by atoms with Crippen LogP contribution in [0.2, 0.25) is 0 Å². The maximum absolute atomic E-state index is 10.9. The number of nitro groups is 1. The van der Waals surface area contributed by atoms with Crippen LogP contribution >= 0.6 is 0 Å². The topological polar surface area (TPSA) is 91.1 Å². The van der Waals surface area contributed by atoms with Gasteiger partial charge in [-0.2, -0.15) is 0 Å². The number of rotatable bonds is 3. The molecular weight excluding hydrogens is 230 g/mol. The largest absolute Gasteiger partial charge is 0.496 e. The van der Waals surface area contributed by atoms with Crippen LogP contribution < -0.4 is 14.2 Å². The van der Waals surface area contributed by atoms with Crippen molar-refractivity contribution in [1.82, 2.24) is 0 Å². The van der Waals surface area contributed by atoms with Crippen molar-refractivity contribution in [2.24, 2.45) is 0 Å². The molecule has 7 heteroatoms. The van der Waals surface area contributed by atoms with E-state index >= 15 is 0 Å². The van der Waals surface area contributed by atoms with Gasteiger partial charge in [-0.05, 0) is 0 Å². The van der Waals surface area contributed by atoms with Gasteiger partial charge in [-0.25, -0.2) is 0 Å². The number of hydrogen-bond donors (Lipinski definition) is 1. The second-order valence-electron chi connectivity index (χ2n) is 3.46. The lowest BCUT2D eigenvalue weighted by molar-refractivity contribution is -0.386. The number of methoxy groups -OCH3 is 1. The summed E-state index contributed by atoms with van der Waals surface area (Å²) in [5.41, 5.74) is -0.212. The molecule has 1 aromatic carbocycles. The molecule has 2 rings (SSSR count). The lowest BCUT2D eigenvalue weighted by atomic mass is 10.2. The normalized spacial score (nSPS) is 17.6. The van der Waals surface area contributed by atoms with Crippen molar-refractivity contribution in [3.8, 4) is 17.2 Å². The molecule has 7 nitrogen and oxygen atoms in total. The van der Waals surface area contributed by atoms with Crippen LogP contribution in [0.3, 0.4) is 0 Å². The Hall–Kier alpha value is -2.02. The van der Waals surface area contributed by atoms with E-state index in [-0.39, 0.29) is 30.4 Å². The summed E-state index contributed by atoms with van der Waals surface area (Å²) in [6.07, 6.45) is -0.519. The summed E-state index contributed by atoms with van der Waals surface area (Å²) in [7, 11) is 1.40. The summed E-state index contributed by atoms with van der Waals surface area (Å²) in [4.78, 5) is 10.3. The number of benzene rings is 1. The second-order valence-corrected chi connectivity index (χ2v) is 3.46. The molecule has 17 heavy (non-hydrogen) atoms. The molecule has 0 aliphatic carbocycles. The number of nitrogens with zero attached hydrogens (tertiary/aromatic N) is 1. The first-order valence-corrected chi connectivity index (χ1v) is 4.92. The molecule has 0 spiro atoms. The van der Waals surface area contributed by atoms with Gasteiger partial charge in [-0.1, -0.05) is 0 Å². The Morgan fingerprint density at radius 2 is 2.41 bits per heavy atom. The number of ether oxygens (including phenoxy) is 3. The number of aliphatic hydroxyl groups excluding tert-OH is 1. The minimum absolute atomic E-state index is 0.0699. The van der Waals surface area contributed by atoms with Gasteiger partial charge in [0.25, 0.3) is 0 Å². The average molecular weight is 241 g/mol. The summed E-state index contributed by atoms with van der Waals surface area (Å²) in [6.45, 7) is -0.138. The molecule has 1 heterocycles. The Bertz CT molecular complexity index is 447. The maximum Gasteiger partial charge on any atom is 0.318 e. The van der Waals surface area contributed by atoms with Crippen molar-refractivity contribution in [1.29, 1.82) is 0 Å². The van der Waals surface area contributed by atoms with Gasteiger partial charge in [0, 0.05) is 6.07 Å². The zero-order valence-electron chi connectivity index (χ0n) is 9.08. The molecule has 0 bridgehead atoms. The van der Waals surface area contributed by atoms with E-state index < -0.39 is 11.0 Å². The van der Waals surface area contributed by atoms with Crippen molar-refractivity contribution in [2.75, 3.05) is 20.3 Å². The number of aliphatic hydroxyl groups is 1. The first kappa shape index (κ1) is 11.5. The Kier molecular flexibility index (Phi) is 3.01. The quantitative estimate of drug-likeness (QED) is 0.619. The van der Waals surface area contributed by atoms with Gasteiger partial charge < -0.3 is 19.3 Å². The van der Waals surface area contributed by atoms with Crippen molar-refractivity contribution in [3.63, 3.8) is 0 Å². The molecule has 92 valence electrons. The molecule has 0 amide bonds. The van der Waals surface area contributed by atoms with E-state index in [2.05, 4.69) is 0 Å². The zero-order valence-corrected chi connectivity index (χ0v) is 9.08. The van der Waals surface area contributed by atoms with E-state index in [1.54, 1.807) is 0 Å². The van der Waals surface area contributed by atoms with E-state index in [0.29, 0.717) is 5.75 Å². The third-order valence-corrected chi connectivity index (χ3v) is 2.35. The lowest BCUT2D eigenvalue weighted by Crippen LogP contribution is -2.32. The van der Waals surface area contributed by atoms with Crippen LogP contribution in [0.4, 0.5) is 5.69 Å². The minimum atomic E-state index is -0.565. The van der Waals surface area contributed by atoms with Gasteiger partial charge in [0.1, 0.15) is 12.4 Å². The van der Waals surface area contributed by atoms with Crippen molar-refractivity contribution in [2.45, 2.75) is 6.10 Å². The molecule has 0 fully saturated rings. The molecule has 1 aromatic rings. The van der Waals surface area contributed by atoms with Crippen LogP contribution in [0.5, 0.6) is 17.2 Å². The Morgan fingerprint density at radius 1 is 1.65 bits per heavy atom. The summed E-state index contributed by atoms with van der Waals surface area (Å²) >= 11 is 0. The smallest absolute Gasteiger partial charge is 0.318 e. The second kappa shape index (κ2) is 4.46. The molecule has 1 aliphatic rings. The Morgan fingerprint density at radius 3 is 3.00 bits per heavy atom. The van der Waals surface area contributed by atoms with Gasteiger partial charge in [0.15, 0.2) is 11.9 Å². The Balaban J connectivity index is 2.46. The number of fused-ring (bicyclic) bond motifs is 1. The highest BCUT2D eigenvalue weighted by Crippen LogP contribution is 2.43. The highest BCUT2D eigenvalue weighted by Gasteiger charge is 2.29. The van der Waals surface area contributed by atoms with Gasteiger partial charge in [0.05, 0.1) is 24.7 Å². The molecule has 0 saturated heterocycles. The fraction of sp³-hybridized carbons (Fsp3) is 0.400. The fourth-order valence-electron chi connectivity index (χ4n) is 1.53. The van der Waals surface area contributed by atoms with Crippen molar-refractivity contribution in [3.05, 3.63) is 22.2 Å². The van der Waals surface area contributed by atoms with Crippen molar-refractivity contribution < 1.29 is 24.2 Å². The minimum Gasteiger partial charge on any atom is -0.496 e. The van der Waals surface area contributed by atoms with E-state index in [0.717, 1.165) is 0 Å². The maximum atomic E-state index is 10.9. The van der Waals surface area contributed by atoms with Crippen molar-refractivity contribution >= 4 is 5.69 Å². The summed E-state index contributed by atoms with van der Waals surface area (Å²) in [6, 6.07) is 2.76. The molecule has 1 atom stereocenters. The predicted octanol–water partition coefficient (Wildman–Crippen LogP) is 0.736. The third-order valence-electron chi connectivity index (χ3n) is 2.35. The fourth-order valence-corrected chi connectivity index (χ4v) is 1.53. The van der Waals surface area contributed by atoms with Crippen LogP contribution in [-0.2, 0) is 0 Å². The summed E-state index contributed by atoms with van der Waals surface area (Å²) < 4.78 is 15.5. The standard InChI is InChI=1S/C10H11NO6/c1-15-6-2-8(11(13)14)10-9(3-6)17-7(4-12)5-16-10/h2-3,7,12H,4-5H2,1H3/t7-/m1/s1. The van der Waals surface area contributed by atoms with Gasteiger partial charge in [-0.3, -0.25) is 10.1 Å². The van der Waals surface area contributed by atoms with Crippen LogP contribution in [0.25, 0.3) is 0 Å². The van der Waals surface area contributed by atoms with E-state index in [9.17, 15) is 10.1 Å². The first-order valence-electron chi connectivity index (χ1n) is 4.92. The van der Waals surface area contributed by atoms with Crippen LogP contribution in [0.1, 0.15) is 0 Å². The molecule has 0 unspecified atom stereocenters. The average Bonchev–Trinajstić information content (AvgIpc) is 2.36. The highest BCUT2D eigenvalue weighted by molar-refractivity contribution is 5.60. The molecular formula is C10H11NO6. The monoisotopic (exact) mass is 241 g/mol. The molecule has 1 aliphatic heterocycles. The third kappa shape index (κ3) is 2.09. The summed E-state index contributed by atoms with van der Waals surface area (Å²) in [5, 5.41) is 19.8. The number of hydrogen-bond acceptors (Lipinski definition) is 6. The van der Waals surface area contributed by atoms with Crippen LogP contribution in [0.15, 0.2) is 12.1 Å². The lowest BCUT2D eigenvalue weighted by Gasteiger charge is -2.25. The first-order chi connectivity index (χ1) is 8.15. The van der Waals surface area contributed by atoms with E-state index in [1.807, 2.05) is 0 Å². The number of nitro benzene ring substituents is 1. The van der Waals surface area contributed by atoms with Gasteiger partial charge >= 0.3 is 5.69 Å². The SMILES string of the molecule is COc1cc2c(c([N+](=O)[O-])c1)OC[C@@H](CO)O2. The zero-order chi connectivity index (χ0) is 12.4. The molecule has 0 aromatic heterocycles. The predicted molar refractivity (Wildman–Crippen MR) is 56.6 cm³/mol. The summed E-state index contributed by atoms with van der Waals surface area (Å²) in [5.74, 6) is 0.583. The van der Waals surface area contributed by atoms with E-state index in [4.69, 9.17) is 19.3 Å². The molecule has 0 saturated carbocycles. The van der Waals surface area contributed by atoms with Gasteiger partial charge in [0.2, 0.25) is 5.75 Å².